The van der Waals surface area contributed by atoms with E-state index in [4.69, 9.17) is 20.7 Å². The Morgan fingerprint density at radius 3 is 1.65 bits per heavy atom. The van der Waals surface area contributed by atoms with Crippen LogP contribution in [0.2, 0.25) is 0 Å². The van der Waals surface area contributed by atoms with Gasteiger partial charge in [0.1, 0.15) is 24.9 Å². The van der Waals surface area contributed by atoms with Crippen molar-refractivity contribution in [3.05, 3.63) is 30.3 Å². The fourth-order valence-corrected chi connectivity index (χ4v) is 3.97. The first-order chi connectivity index (χ1) is 20.3. The summed E-state index contributed by atoms with van der Waals surface area (Å²) in [6, 6.07) is 7.87. The molecule has 1 unspecified atom stereocenters. The van der Waals surface area contributed by atoms with Crippen LogP contribution in [-0.4, -0.2) is 79.4 Å². The SMILES string of the molecule is CC(C)C(NC(=O)CN)C(=O)O.CCCCCCCCCCCCCCCC(=O)OCC[N+](C)(C)C.Oc1ccccc1. The minimum absolute atomic E-state index is 0.0217. The molecule has 0 aliphatic heterocycles. The highest BCUT2D eigenvalue weighted by atomic mass is 16.5. The van der Waals surface area contributed by atoms with E-state index >= 15 is 0 Å². The highest BCUT2D eigenvalue weighted by Gasteiger charge is 2.22. The molecule has 0 aliphatic rings. The number of likely N-dealkylation sites (N-methyl/N-ethyl adjacent to an activating group) is 1. The molecule has 0 aliphatic carbocycles. The molecule has 0 fully saturated rings. The number of carbonyl (C=O) groups excluding carboxylic acids is 2. The Morgan fingerprint density at radius 1 is 0.837 bits per heavy atom. The van der Waals surface area contributed by atoms with Gasteiger partial charge in [0.25, 0.3) is 0 Å². The Morgan fingerprint density at radius 2 is 1.30 bits per heavy atom. The number of amides is 1. The zero-order valence-corrected chi connectivity index (χ0v) is 28.1. The first kappa shape index (κ1) is 42.5. The molecule has 1 aromatic rings. The topological polar surface area (TPSA) is 139 Å². The average molecular weight is 611 g/mol. The molecule has 250 valence electrons. The van der Waals surface area contributed by atoms with Gasteiger partial charge in [-0.25, -0.2) is 4.79 Å². The number of phenolic OH excluding ortho intramolecular Hbond substituents is 1. The van der Waals surface area contributed by atoms with E-state index < -0.39 is 17.9 Å². The van der Waals surface area contributed by atoms with Gasteiger partial charge in [-0.2, -0.15) is 0 Å². The summed E-state index contributed by atoms with van der Waals surface area (Å²) in [7, 11) is 6.33. The number of unbranched alkanes of at least 4 members (excludes halogenated alkanes) is 12. The quantitative estimate of drug-likeness (QED) is 0.0730. The van der Waals surface area contributed by atoms with E-state index in [2.05, 4.69) is 33.4 Å². The number of aromatic hydroxyl groups is 1. The molecular weight excluding hydrogens is 546 g/mol. The van der Waals surface area contributed by atoms with Crippen LogP contribution in [0.1, 0.15) is 111 Å². The number of phenols is 1. The third-order valence-electron chi connectivity index (χ3n) is 6.70. The van der Waals surface area contributed by atoms with Gasteiger partial charge in [0, 0.05) is 6.42 Å². The van der Waals surface area contributed by atoms with Gasteiger partial charge in [-0.05, 0) is 24.5 Å². The Kier molecular flexibility index (Phi) is 27.8. The van der Waals surface area contributed by atoms with Gasteiger partial charge in [0.15, 0.2) is 0 Å². The summed E-state index contributed by atoms with van der Waals surface area (Å²) in [5.41, 5.74) is 5.02. The molecule has 0 heterocycles. The highest BCUT2D eigenvalue weighted by molar-refractivity contribution is 5.84. The number of nitrogens with zero attached hydrogens (tertiary/aromatic N) is 1. The largest absolute Gasteiger partial charge is 0.508 e. The van der Waals surface area contributed by atoms with Crippen LogP contribution in [0, 0.1) is 5.92 Å². The summed E-state index contributed by atoms with van der Waals surface area (Å²) in [5, 5.41) is 19.6. The molecule has 1 aromatic carbocycles. The smallest absolute Gasteiger partial charge is 0.326 e. The van der Waals surface area contributed by atoms with E-state index in [9.17, 15) is 14.4 Å². The Labute approximate surface area is 262 Å². The lowest BCUT2D eigenvalue weighted by Crippen LogP contribution is -2.46. The van der Waals surface area contributed by atoms with Crippen molar-refractivity contribution in [2.24, 2.45) is 11.7 Å². The first-order valence-electron chi connectivity index (χ1n) is 16.3. The molecule has 5 N–H and O–H groups in total. The van der Waals surface area contributed by atoms with Crippen molar-refractivity contribution < 1.29 is 33.8 Å². The van der Waals surface area contributed by atoms with Crippen molar-refractivity contribution in [1.82, 2.24) is 5.32 Å². The highest BCUT2D eigenvalue weighted by Crippen LogP contribution is 2.13. The maximum Gasteiger partial charge on any atom is 0.326 e. The molecular formula is C34H64N3O6+. The summed E-state index contributed by atoms with van der Waals surface area (Å²) < 4.78 is 6.11. The van der Waals surface area contributed by atoms with E-state index in [1.165, 1.54) is 77.0 Å². The normalized spacial score (nSPS) is 11.4. The summed E-state index contributed by atoms with van der Waals surface area (Å²) >= 11 is 0. The van der Waals surface area contributed by atoms with Crippen LogP contribution in [-0.2, 0) is 19.1 Å². The van der Waals surface area contributed by atoms with Crippen molar-refractivity contribution >= 4 is 17.8 Å². The fourth-order valence-electron chi connectivity index (χ4n) is 3.97. The van der Waals surface area contributed by atoms with Crippen molar-refractivity contribution in [3.8, 4) is 5.75 Å². The number of hydrogen-bond donors (Lipinski definition) is 4. The van der Waals surface area contributed by atoms with E-state index in [0.717, 1.165) is 17.4 Å². The number of quaternary nitrogens is 1. The number of carboxylic acid groups (broad SMARTS) is 1. The van der Waals surface area contributed by atoms with Gasteiger partial charge in [0.2, 0.25) is 5.91 Å². The Balaban J connectivity index is 0. The zero-order valence-electron chi connectivity index (χ0n) is 28.1. The minimum Gasteiger partial charge on any atom is -0.508 e. The Bertz CT molecular complexity index is 812. The second-order valence-electron chi connectivity index (χ2n) is 12.4. The minimum atomic E-state index is -1.04. The van der Waals surface area contributed by atoms with Crippen molar-refractivity contribution in [3.63, 3.8) is 0 Å². The molecule has 0 spiro atoms. The van der Waals surface area contributed by atoms with Crippen LogP contribution >= 0.6 is 0 Å². The predicted molar refractivity (Wildman–Crippen MR) is 176 cm³/mol. The Hall–Kier alpha value is -2.65. The van der Waals surface area contributed by atoms with Crippen LogP contribution in [0.3, 0.4) is 0 Å². The number of carbonyl (C=O) groups is 3. The third kappa shape index (κ3) is 32.1. The van der Waals surface area contributed by atoms with Gasteiger partial charge < -0.3 is 30.5 Å². The number of nitrogens with two attached hydrogens (primary N) is 1. The molecule has 0 saturated heterocycles. The molecule has 0 bridgehead atoms. The van der Waals surface area contributed by atoms with Gasteiger partial charge in [-0.15, -0.1) is 0 Å². The van der Waals surface area contributed by atoms with Crippen molar-refractivity contribution in [2.75, 3.05) is 40.8 Å². The molecule has 9 nitrogen and oxygen atoms in total. The van der Waals surface area contributed by atoms with Gasteiger partial charge >= 0.3 is 11.9 Å². The van der Waals surface area contributed by atoms with Crippen LogP contribution in [0.15, 0.2) is 30.3 Å². The number of nitrogens with one attached hydrogen (secondary N) is 1. The monoisotopic (exact) mass is 610 g/mol. The van der Waals surface area contributed by atoms with Gasteiger partial charge in [-0.3, -0.25) is 9.59 Å². The summed E-state index contributed by atoms with van der Waals surface area (Å²) in [6.45, 7) is 6.95. The molecule has 0 radical (unpaired) electrons. The third-order valence-corrected chi connectivity index (χ3v) is 6.70. The number of ether oxygens (including phenoxy) is 1. The second-order valence-corrected chi connectivity index (χ2v) is 12.4. The number of aliphatic carboxylic acids is 1. The van der Waals surface area contributed by atoms with E-state index in [1.54, 1.807) is 38.1 Å². The number of rotatable bonds is 21. The van der Waals surface area contributed by atoms with Crippen molar-refractivity contribution in [1.29, 1.82) is 0 Å². The predicted octanol–water partition coefficient (Wildman–Crippen LogP) is 6.28. The average Bonchev–Trinajstić information content (AvgIpc) is 2.94. The van der Waals surface area contributed by atoms with E-state index in [-0.39, 0.29) is 18.4 Å². The van der Waals surface area contributed by atoms with Crippen LogP contribution in [0.25, 0.3) is 0 Å². The summed E-state index contributed by atoms with van der Waals surface area (Å²) in [5.74, 6) is -1.32. The number of para-hydroxylation sites is 1. The van der Waals surface area contributed by atoms with E-state index in [1.807, 2.05) is 6.07 Å². The van der Waals surface area contributed by atoms with Crippen molar-refractivity contribution in [2.45, 2.75) is 117 Å². The molecule has 43 heavy (non-hydrogen) atoms. The molecule has 0 saturated carbocycles. The number of benzene rings is 1. The van der Waals surface area contributed by atoms with Crippen LogP contribution in [0.5, 0.6) is 5.75 Å². The number of hydrogen-bond acceptors (Lipinski definition) is 6. The molecule has 9 heteroatoms. The fraction of sp³-hybridized carbons (Fsp3) is 0.735. The van der Waals surface area contributed by atoms with E-state index in [0.29, 0.717) is 18.8 Å². The van der Waals surface area contributed by atoms with Crippen LogP contribution in [0.4, 0.5) is 0 Å². The zero-order chi connectivity index (χ0) is 32.9. The first-order valence-corrected chi connectivity index (χ1v) is 16.3. The van der Waals surface area contributed by atoms with Gasteiger partial charge in [-0.1, -0.05) is 116 Å². The molecule has 1 rings (SSSR count). The van der Waals surface area contributed by atoms with Gasteiger partial charge in [0.05, 0.1) is 27.7 Å². The summed E-state index contributed by atoms with van der Waals surface area (Å²) in [4.78, 5) is 32.9. The number of esters is 1. The molecule has 1 atom stereocenters. The maximum atomic E-state index is 11.6. The summed E-state index contributed by atoms with van der Waals surface area (Å²) in [6.07, 6.45) is 17.9. The maximum absolute atomic E-state index is 11.6. The lowest BCUT2D eigenvalue weighted by Gasteiger charge is -2.23. The lowest BCUT2D eigenvalue weighted by atomic mass is 10.0. The number of carboxylic acids is 1. The van der Waals surface area contributed by atoms with Crippen LogP contribution < -0.4 is 11.1 Å². The standard InChI is InChI=1S/C21H44NO2.C7H14N2O3.C6H6O/c1-5-6-7-8-9-10-11-12-13-14-15-16-17-18-21(23)24-20-19-22(2,3)4;1-4(2)6(7(11)12)9-5(10)3-8;7-6-4-2-1-3-5-6/h5-20H2,1-4H3;4,6H,3,8H2,1-2H3,(H,9,10)(H,11,12);1-5,7H/q+1;;. The second kappa shape index (κ2) is 28.1. The lowest BCUT2D eigenvalue weighted by molar-refractivity contribution is -0.870. The molecule has 1 amide bonds. The molecule has 0 aromatic heterocycles.